The number of benzene rings is 2. The SMILES string of the molecule is C=C(c1ccccc1)[C@@]12CC[C@@H](OC(N)=O)C1CC(CCCCCC)=C2c1ccccc1. The molecule has 4 rings (SSSR count). The lowest BCUT2D eigenvalue weighted by Gasteiger charge is -2.37. The van der Waals surface area contributed by atoms with E-state index < -0.39 is 6.09 Å². The normalized spacial score (nSPS) is 24.4. The van der Waals surface area contributed by atoms with Crippen molar-refractivity contribution in [2.75, 3.05) is 0 Å². The van der Waals surface area contributed by atoms with Crippen molar-refractivity contribution in [3.05, 3.63) is 83.9 Å². The van der Waals surface area contributed by atoms with Crippen LogP contribution in [0, 0.1) is 11.3 Å². The van der Waals surface area contributed by atoms with Gasteiger partial charge in [0.1, 0.15) is 6.10 Å². The highest BCUT2D eigenvalue weighted by Gasteiger charge is 2.58. The Balaban J connectivity index is 1.81. The molecule has 2 N–H and O–H groups in total. The molecule has 0 spiro atoms. The van der Waals surface area contributed by atoms with Crippen molar-refractivity contribution in [3.63, 3.8) is 0 Å². The summed E-state index contributed by atoms with van der Waals surface area (Å²) >= 11 is 0. The van der Waals surface area contributed by atoms with Crippen molar-refractivity contribution >= 4 is 17.2 Å². The summed E-state index contributed by atoms with van der Waals surface area (Å²) in [5.41, 5.74) is 11.8. The predicted molar refractivity (Wildman–Crippen MR) is 132 cm³/mol. The highest BCUT2D eigenvalue weighted by atomic mass is 16.6. The van der Waals surface area contributed by atoms with Crippen molar-refractivity contribution in [1.82, 2.24) is 0 Å². The fraction of sp³-hybridized carbons (Fsp3) is 0.414. The molecule has 1 amide bonds. The number of rotatable bonds is 9. The van der Waals surface area contributed by atoms with Gasteiger partial charge in [0.05, 0.1) is 0 Å². The van der Waals surface area contributed by atoms with Crippen LogP contribution in [-0.2, 0) is 4.74 Å². The Hall–Kier alpha value is -2.81. The highest BCUT2D eigenvalue weighted by molar-refractivity contribution is 5.90. The van der Waals surface area contributed by atoms with E-state index >= 15 is 0 Å². The molecule has 32 heavy (non-hydrogen) atoms. The number of amides is 1. The Kier molecular flexibility index (Phi) is 6.83. The summed E-state index contributed by atoms with van der Waals surface area (Å²) in [6.07, 6.45) is 7.89. The number of unbranched alkanes of at least 4 members (excludes halogenated alkanes) is 3. The van der Waals surface area contributed by atoms with Gasteiger partial charge in [-0.3, -0.25) is 0 Å². The molecule has 0 bridgehead atoms. The Morgan fingerprint density at radius 3 is 2.41 bits per heavy atom. The summed E-state index contributed by atoms with van der Waals surface area (Å²) in [4.78, 5) is 11.7. The third-order valence-electron chi connectivity index (χ3n) is 7.49. The highest BCUT2D eigenvalue weighted by Crippen LogP contribution is 2.66. The maximum absolute atomic E-state index is 11.7. The van der Waals surface area contributed by atoms with E-state index in [9.17, 15) is 4.79 Å². The first-order chi connectivity index (χ1) is 15.6. The van der Waals surface area contributed by atoms with Crippen LogP contribution >= 0.6 is 0 Å². The average Bonchev–Trinajstić information content (AvgIpc) is 3.32. The van der Waals surface area contributed by atoms with Crippen LogP contribution in [0.4, 0.5) is 4.79 Å². The van der Waals surface area contributed by atoms with E-state index in [0.29, 0.717) is 0 Å². The second-order valence-electron chi connectivity index (χ2n) is 9.30. The van der Waals surface area contributed by atoms with E-state index in [1.165, 1.54) is 42.4 Å². The van der Waals surface area contributed by atoms with Crippen LogP contribution in [0.5, 0.6) is 0 Å². The number of carbonyl (C=O) groups excluding carboxylic acids is 1. The van der Waals surface area contributed by atoms with Gasteiger partial charge in [0.15, 0.2) is 0 Å². The maximum atomic E-state index is 11.7. The summed E-state index contributed by atoms with van der Waals surface area (Å²) in [6.45, 7) is 6.92. The van der Waals surface area contributed by atoms with Crippen molar-refractivity contribution in [3.8, 4) is 0 Å². The topological polar surface area (TPSA) is 52.3 Å². The minimum absolute atomic E-state index is 0.167. The van der Waals surface area contributed by atoms with Crippen molar-refractivity contribution in [1.29, 1.82) is 0 Å². The van der Waals surface area contributed by atoms with Crippen LogP contribution in [-0.4, -0.2) is 12.2 Å². The van der Waals surface area contributed by atoms with Crippen molar-refractivity contribution in [2.24, 2.45) is 17.1 Å². The molecule has 2 aliphatic rings. The predicted octanol–water partition coefficient (Wildman–Crippen LogP) is 7.39. The van der Waals surface area contributed by atoms with Gasteiger partial charge in [0.25, 0.3) is 0 Å². The van der Waals surface area contributed by atoms with E-state index in [2.05, 4.69) is 68.1 Å². The maximum Gasteiger partial charge on any atom is 0.404 e. The third kappa shape index (κ3) is 4.13. The largest absolute Gasteiger partial charge is 0.446 e. The van der Waals surface area contributed by atoms with Crippen LogP contribution in [0.15, 0.2) is 72.8 Å². The van der Waals surface area contributed by atoms with Crippen molar-refractivity contribution < 1.29 is 9.53 Å². The molecule has 2 aromatic carbocycles. The Labute approximate surface area is 192 Å². The van der Waals surface area contributed by atoms with E-state index in [0.717, 1.165) is 36.8 Å². The van der Waals surface area contributed by atoms with Gasteiger partial charge in [-0.25, -0.2) is 4.79 Å². The molecule has 0 aromatic heterocycles. The van der Waals surface area contributed by atoms with Crippen LogP contribution in [0.25, 0.3) is 11.1 Å². The van der Waals surface area contributed by atoms with Crippen LogP contribution in [0.2, 0.25) is 0 Å². The zero-order valence-corrected chi connectivity index (χ0v) is 19.2. The van der Waals surface area contributed by atoms with Crippen LogP contribution < -0.4 is 5.73 Å². The molecule has 2 aromatic rings. The van der Waals surface area contributed by atoms with Gasteiger partial charge in [0, 0.05) is 11.3 Å². The number of carbonyl (C=O) groups is 1. The monoisotopic (exact) mass is 429 g/mol. The van der Waals surface area contributed by atoms with Crippen LogP contribution in [0.3, 0.4) is 0 Å². The molecule has 0 aliphatic heterocycles. The standard InChI is InChI=1S/C29H35NO2/c1-3-4-5-8-17-24-20-25-26(32-28(30)31)18-19-29(25,21(2)22-13-9-6-10-14-22)27(24)23-15-11-7-12-16-23/h6-7,9-16,25-26H,2-5,8,17-20H2,1H3,(H2,30,31)/t25?,26-,29+/m1/s1. The molecule has 0 saturated heterocycles. The van der Waals surface area contributed by atoms with Gasteiger partial charge in [-0.15, -0.1) is 0 Å². The molecular formula is C29H35NO2. The Morgan fingerprint density at radius 1 is 1.06 bits per heavy atom. The molecule has 2 aliphatic carbocycles. The number of hydrogen-bond donors (Lipinski definition) is 1. The molecule has 1 saturated carbocycles. The Morgan fingerprint density at radius 2 is 1.75 bits per heavy atom. The number of fused-ring (bicyclic) bond motifs is 1. The smallest absolute Gasteiger partial charge is 0.404 e. The summed E-state index contributed by atoms with van der Waals surface area (Å²) in [7, 11) is 0. The van der Waals surface area contributed by atoms with Gasteiger partial charge < -0.3 is 10.5 Å². The molecule has 3 atom stereocenters. The second kappa shape index (κ2) is 9.77. The number of nitrogens with two attached hydrogens (primary N) is 1. The minimum Gasteiger partial charge on any atom is -0.446 e. The summed E-state index contributed by atoms with van der Waals surface area (Å²) in [6, 6.07) is 21.3. The first kappa shape index (κ1) is 22.4. The fourth-order valence-corrected chi connectivity index (χ4v) is 6.14. The van der Waals surface area contributed by atoms with Crippen LogP contribution in [0.1, 0.15) is 69.4 Å². The lowest BCUT2D eigenvalue weighted by Crippen LogP contribution is -2.32. The zero-order valence-electron chi connectivity index (χ0n) is 19.2. The lowest BCUT2D eigenvalue weighted by molar-refractivity contribution is 0.0763. The fourth-order valence-electron chi connectivity index (χ4n) is 6.14. The zero-order chi connectivity index (χ0) is 22.6. The van der Waals surface area contributed by atoms with Gasteiger partial charge in [-0.2, -0.15) is 0 Å². The molecule has 0 heterocycles. The summed E-state index contributed by atoms with van der Waals surface area (Å²) < 4.78 is 5.68. The molecular weight excluding hydrogens is 394 g/mol. The first-order valence-corrected chi connectivity index (χ1v) is 12.1. The van der Waals surface area contributed by atoms with E-state index in [1.54, 1.807) is 0 Å². The number of allylic oxidation sites excluding steroid dienone is 3. The lowest BCUT2D eigenvalue weighted by atomic mass is 9.66. The molecule has 1 unspecified atom stereocenters. The van der Waals surface area contributed by atoms with Gasteiger partial charge in [-0.05, 0) is 54.4 Å². The van der Waals surface area contributed by atoms with E-state index in [4.69, 9.17) is 10.5 Å². The molecule has 0 radical (unpaired) electrons. The number of primary amides is 1. The van der Waals surface area contributed by atoms with Gasteiger partial charge in [-0.1, -0.05) is 99.0 Å². The molecule has 168 valence electrons. The number of hydrogen-bond acceptors (Lipinski definition) is 2. The van der Waals surface area contributed by atoms with Gasteiger partial charge >= 0.3 is 6.09 Å². The van der Waals surface area contributed by atoms with E-state index in [1.807, 2.05) is 6.07 Å². The third-order valence-corrected chi connectivity index (χ3v) is 7.49. The van der Waals surface area contributed by atoms with E-state index in [-0.39, 0.29) is 17.4 Å². The second-order valence-corrected chi connectivity index (χ2v) is 9.30. The molecule has 3 heteroatoms. The average molecular weight is 430 g/mol. The van der Waals surface area contributed by atoms with Gasteiger partial charge in [0.2, 0.25) is 0 Å². The van der Waals surface area contributed by atoms with Crippen molar-refractivity contribution in [2.45, 2.75) is 64.4 Å². The minimum atomic E-state index is -0.672. The molecule has 3 nitrogen and oxygen atoms in total. The Bertz CT molecular complexity index is 979. The number of ether oxygens (including phenoxy) is 1. The first-order valence-electron chi connectivity index (χ1n) is 12.1. The summed E-state index contributed by atoms with van der Waals surface area (Å²) in [5.74, 6) is 0.180. The quantitative estimate of drug-likeness (QED) is 0.423. The molecule has 1 fully saturated rings. The summed E-state index contributed by atoms with van der Waals surface area (Å²) in [5, 5.41) is 0.